The van der Waals surface area contributed by atoms with Gasteiger partial charge in [0, 0.05) is 44.0 Å². The van der Waals surface area contributed by atoms with Crippen molar-refractivity contribution >= 4 is 0 Å². The summed E-state index contributed by atoms with van der Waals surface area (Å²) in [6.07, 6.45) is 7.61. The minimum atomic E-state index is -0.234. The van der Waals surface area contributed by atoms with Crippen molar-refractivity contribution in [1.82, 2.24) is 29.2 Å². The van der Waals surface area contributed by atoms with E-state index in [2.05, 4.69) is 24.6 Å². The Morgan fingerprint density at radius 3 is 2.93 bits per heavy atom. The summed E-state index contributed by atoms with van der Waals surface area (Å²) in [5.41, 5.74) is 0.877. The topological polar surface area (TPSA) is 61.0 Å². The molecule has 2 aromatic heterocycles. The summed E-state index contributed by atoms with van der Waals surface area (Å²) in [6, 6.07) is 4.69. The van der Waals surface area contributed by atoms with E-state index in [4.69, 9.17) is 4.74 Å². The minimum Gasteiger partial charge on any atom is -0.496 e. The number of ether oxygens (including phenoxy) is 1. The largest absolute Gasteiger partial charge is 0.496 e. The van der Waals surface area contributed by atoms with E-state index in [1.54, 1.807) is 31.8 Å². The number of nitrogens with zero attached hydrogens (tertiary/aromatic N) is 6. The van der Waals surface area contributed by atoms with Crippen LogP contribution in [0.3, 0.4) is 0 Å². The summed E-state index contributed by atoms with van der Waals surface area (Å²) >= 11 is 0. The molecule has 1 aromatic carbocycles. The van der Waals surface area contributed by atoms with E-state index in [0.29, 0.717) is 19.0 Å². The second-order valence-corrected chi connectivity index (χ2v) is 7.30. The number of hydrogen-bond donors (Lipinski definition) is 0. The highest BCUT2D eigenvalue weighted by Crippen LogP contribution is 2.29. The fourth-order valence-corrected chi connectivity index (χ4v) is 3.93. The lowest BCUT2D eigenvalue weighted by Crippen LogP contribution is -2.35. The average Bonchev–Trinajstić information content (AvgIpc) is 3.33. The molecule has 0 saturated carbocycles. The number of imidazole rings is 1. The van der Waals surface area contributed by atoms with Gasteiger partial charge in [0.15, 0.2) is 5.82 Å². The first-order valence-electron chi connectivity index (χ1n) is 9.52. The van der Waals surface area contributed by atoms with Gasteiger partial charge in [0.05, 0.1) is 20.0 Å². The van der Waals surface area contributed by atoms with Crippen molar-refractivity contribution in [3.63, 3.8) is 0 Å². The molecule has 1 saturated heterocycles. The molecule has 1 aliphatic rings. The van der Waals surface area contributed by atoms with Gasteiger partial charge in [-0.25, -0.2) is 9.37 Å². The predicted octanol–water partition coefficient (Wildman–Crippen LogP) is 2.59. The molecule has 0 radical (unpaired) electrons. The van der Waals surface area contributed by atoms with Crippen LogP contribution in [0.5, 0.6) is 5.75 Å². The Hall–Kier alpha value is -2.74. The smallest absolute Gasteiger partial charge is 0.152 e. The van der Waals surface area contributed by atoms with Gasteiger partial charge in [0.1, 0.15) is 17.4 Å². The van der Waals surface area contributed by atoms with E-state index in [1.165, 1.54) is 6.07 Å². The first-order chi connectivity index (χ1) is 13.6. The fraction of sp³-hybridized carbons (Fsp3) is 0.450. The zero-order valence-corrected chi connectivity index (χ0v) is 16.3. The van der Waals surface area contributed by atoms with Crippen molar-refractivity contribution in [3.05, 3.63) is 59.9 Å². The lowest BCUT2D eigenvalue weighted by molar-refractivity contribution is 0.192. The Kier molecular flexibility index (Phi) is 5.38. The number of methoxy groups -OCH3 is 1. The van der Waals surface area contributed by atoms with Gasteiger partial charge in [0.25, 0.3) is 0 Å². The molecule has 7 nitrogen and oxygen atoms in total. The van der Waals surface area contributed by atoms with Crippen LogP contribution in [-0.2, 0) is 20.1 Å². The number of likely N-dealkylation sites (tertiary alicyclic amines) is 1. The van der Waals surface area contributed by atoms with Crippen LogP contribution < -0.4 is 4.74 Å². The Balaban J connectivity index is 1.47. The fourth-order valence-electron chi connectivity index (χ4n) is 3.93. The maximum absolute atomic E-state index is 13.7. The van der Waals surface area contributed by atoms with E-state index >= 15 is 0 Å². The van der Waals surface area contributed by atoms with E-state index in [0.717, 1.165) is 48.9 Å². The van der Waals surface area contributed by atoms with Crippen LogP contribution in [0, 0.1) is 5.82 Å². The van der Waals surface area contributed by atoms with Crippen molar-refractivity contribution in [1.29, 1.82) is 0 Å². The van der Waals surface area contributed by atoms with Crippen LogP contribution >= 0.6 is 0 Å². The van der Waals surface area contributed by atoms with Crippen LogP contribution in [0.25, 0.3) is 0 Å². The number of benzene rings is 1. The molecule has 0 spiro atoms. The van der Waals surface area contributed by atoms with Crippen LogP contribution in [0.1, 0.15) is 36.0 Å². The third kappa shape index (κ3) is 3.91. The van der Waals surface area contributed by atoms with E-state index in [9.17, 15) is 4.39 Å². The van der Waals surface area contributed by atoms with Gasteiger partial charge < -0.3 is 13.9 Å². The number of rotatable bonds is 6. The van der Waals surface area contributed by atoms with Gasteiger partial charge in [0.2, 0.25) is 0 Å². The Morgan fingerprint density at radius 2 is 2.14 bits per heavy atom. The molecule has 0 unspecified atom stereocenters. The maximum Gasteiger partial charge on any atom is 0.152 e. The predicted molar refractivity (Wildman–Crippen MR) is 103 cm³/mol. The summed E-state index contributed by atoms with van der Waals surface area (Å²) in [7, 11) is 3.65. The van der Waals surface area contributed by atoms with Crippen LogP contribution in [-0.4, -0.2) is 49.4 Å². The number of hydrogen-bond acceptors (Lipinski definition) is 5. The minimum absolute atomic E-state index is 0.234. The van der Waals surface area contributed by atoms with Gasteiger partial charge in [-0.15, -0.1) is 10.2 Å². The average molecular weight is 384 g/mol. The Labute approximate surface area is 163 Å². The lowest BCUT2D eigenvalue weighted by atomic mass is 9.96. The van der Waals surface area contributed by atoms with Crippen molar-refractivity contribution in [2.75, 3.05) is 20.2 Å². The van der Waals surface area contributed by atoms with Crippen molar-refractivity contribution in [2.45, 2.75) is 31.8 Å². The summed E-state index contributed by atoms with van der Waals surface area (Å²) in [5, 5.41) is 8.87. The molecule has 28 heavy (non-hydrogen) atoms. The van der Waals surface area contributed by atoms with E-state index in [1.807, 2.05) is 17.8 Å². The molecule has 8 heteroatoms. The molecule has 3 heterocycles. The lowest BCUT2D eigenvalue weighted by Gasteiger charge is -2.32. The zero-order valence-electron chi connectivity index (χ0n) is 16.3. The first-order valence-corrected chi connectivity index (χ1v) is 9.52. The highest BCUT2D eigenvalue weighted by atomic mass is 19.1. The molecular formula is C20H25FN6O. The first kappa shape index (κ1) is 18.6. The van der Waals surface area contributed by atoms with Crippen LogP contribution in [0.2, 0.25) is 0 Å². The van der Waals surface area contributed by atoms with Gasteiger partial charge >= 0.3 is 0 Å². The monoisotopic (exact) mass is 384 g/mol. The molecule has 3 aromatic rings. The molecule has 0 aliphatic carbocycles. The molecule has 0 amide bonds. The number of aromatic nitrogens is 5. The van der Waals surface area contributed by atoms with Crippen LogP contribution in [0.15, 0.2) is 36.9 Å². The summed E-state index contributed by atoms with van der Waals surface area (Å²) in [6.45, 7) is 3.17. The third-order valence-corrected chi connectivity index (χ3v) is 5.39. The van der Waals surface area contributed by atoms with Crippen molar-refractivity contribution < 1.29 is 9.13 Å². The molecule has 1 atom stereocenters. The number of piperidine rings is 1. The highest BCUT2D eigenvalue weighted by Gasteiger charge is 2.26. The quantitative estimate of drug-likeness (QED) is 0.654. The van der Waals surface area contributed by atoms with Crippen molar-refractivity contribution in [3.8, 4) is 5.75 Å². The molecule has 0 bridgehead atoms. The molecule has 0 N–H and O–H groups in total. The summed E-state index contributed by atoms with van der Waals surface area (Å²) < 4.78 is 23.2. The molecule has 1 fully saturated rings. The standard InChI is InChI=1S/C20H25FN6O/c1-25-19(13-27-9-7-22-14-27)23-24-20(25)15-4-3-8-26(11-15)12-16-10-17(21)5-6-18(16)28-2/h5-7,9-10,14-15H,3-4,8,11-13H2,1-2H3/t15-/m1/s1. The van der Waals surface area contributed by atoms with Crippen LogP contribution in [0.4, 0.5) is 4.39 Å². The van der Waals surface area contributed by atoms with E-state index < -0.39 is 0 Å². The normalized spacial score (nSPS) is 17.8. The maximum atomic E-state index is 13.7. The second-order valence-electron chi connectivity index (χ2n) is 7.30. The Bertz CT molecular complexity index is 923. The van der Waals surface area contributed by atoms with Gasteiger partial charge in [-0.05, 0) is 37.6 Å². The zero-order chi connectivity index (χ0) is 19.5. The molecule has 148 valence electrons. The summed E-state index contributed by atoms with van der Waals surface area (Å²) in [5.74, 6) is 2.72. The van der Waals surface area contributed by atoms with Gasteiger partial charge in [-0.2, -0.15) is 0 Å². The Morgan fingerprint density at radius 1 is 1.25 bits per heavy atom. The third-order valence-electron chi connectivity index (χ3n) is 5.39. The van der Waals surface area contributed by atoms with E-state index in [-0.39, 0.29) is 5.82 Å². The van der Waals surface area contributed by atoms with Crippen molar-refractivity contribution in [2.24, 2.45) is 7.05 Å². The molecule has 4 rings (SSSR count). The second kappa shape index (κ2) is 8.10. The molecule has 1 aliphatic heterocycles. The highest BCUT2D eigenvalue weighted by molar-refractivity contribution is 5.34. The summed E-state index contributed by atoms with van der Waals surface area (Å²) in [4.78, 5) is 6.42. The number of halogens is 1. The molecular weight excluding hydrogens is 359 g/mol. The van der Waals surface area contributed by atoms with Gasteiger partial charge in [-0.1, -0.05) is 0 Å². The van der Waals surface area contributed by atoms with Gasteiger partial charge in [-0.3, -0.25) is 4.90 Å². The SMILES string of the molecule is COc1ccc(F)cc1CN1CCC[C@@H](c2nnc(Cn3ccnc3)n2C)C1.